The van der Waals surface area contributed by atoms with E-state index in [2.05, 4.69) is 0 Å². The van der Waals surface area contributed by atoms with Crippen molar-refractivity contribution < 1.29 is 109 Å². The molecule has 0 saturated carbocycles. The van der Waals surface area contributed by atoms with Gasteiger partial charge in [-0.2, -0.15) is 0 Å². The molecule has 7 aromatic carbocycles. The Morgan fingerprint density at radius 2 is 0.823 bits per heavy atom. The average molecular weight is 1560 g/mol. The number of hydrogen-bond acceptors (Lipinski definition) is 24. The van der Waals surface area contributed by atoms with Gasteiger partial charge in [-0.3, -0.25) is 19.7 Å². The summed E-state index contributed by atoms with van der Waals surface area (Å²) in [5.41, 5.74) is 3.98. The van der Waals surface area contributed by atoms with Crippen LogP contribution < -0.4 is 56.8 Å². The maximum atomic E-state index is 14.7. The molecule has 2 aliphatic heterocycles. The predicted octanol–water partition coefficient (Wildman–Crippen LogP) is 14.6. The van der Waals surface area contributed by atoms with Crippen molar-refractivity contribution in [3.63, 3.8) is 0 Å². The predicted molar refractivity (Wildman–Crippen MR) is 416 cm³/mol. The summed E-state index contributed by atoms with van der Waals surface area (Å²) in [5, 5.41) is 12.7. The minimum absolute atomic E-state index is 0.0505. The van der Waals surface area contributed by atoms with E-state index < -0.39 is 96.0 Å². The van der Waals surface area contributed by atoms with Crippen molar-refractivity contribution >= 4 is 41.4 Å². The molecule has 0 aromatic heterocycles. The highest BCUT2D eigenvalue weighted by Gasteiger charge is 2.41. The second kappa shape index (κ2) is 41.0. The van der Waals surface area contributed by atoms with Crippen molar-refractivity contribution in [1.29, 1.82) is 0 Å². The zero-order chi connectivity index (χ0) is 81.4. The van der Waals surface area contributed by atoms with E-state index in [9.17, 15) is 38.9 Å². The second-order valence-electron chi connectivity index (χ2n) is 27.3. The van der Waals surface area contributed by atoms with E-state index >= 15 is 0 Å². The Morgan fingerprint density at radius 1 is 0.425 bits per heavy atom. The minimum atomic E-state index is -1.16. The van der Waals surface area contributed by atoms with Crippen molar-refractivity contribution in [2.45, 2.75) is 153 Å². The first-order valence-corrected chi connectivity index (χ1v) is 37.8. The molecular weight excluding hydrogens is 1460 g/mol. The van der Waals surface area contributed by atoms with E-state index in [4.69, 9.17) is 75.8 Å². The van der Waals surface area contributed by atoms with Crippen molar-refractivity contribution in [1.82, 2.24) is 9.80 Å². The molecule has 2 aliphatic rings. The molecule has 113 heavy (non-hydrogen) atoms. The van der Waals surface area contributed by atoms with Gasteiger partial charge in [-0.05, 0) is 209 Å². The number of hydrogen-bond donors (Lipinski definition) is 0. The number of nitrogens with zero attached hydrogens (tertiary/aromatic N) is 3. The average Bonchev–Trinajstić information content (AvgIpc) is 0.790. The number of nitro benzene ring substituents is 1. The molecule has 2 saturated heterocycles. The van der Waals surface area contributed by atoms with E-state index in [0.29, 0.717) is 157 Å². The van der Waals surface area contributed by atoms with Gasteiger partial charge in [-0.15, -0.1) is 0 Å². The molecule has 0 bridgehead atoms. The maximum Gasteiger partial charge on any atom is 0.344 e. The molecule has 0 spiro atoms. The fourth-order valence-electron chi connectivity index (χ4n) is 14.5. The number of esters is 4. The lowest BCUT2D eigenvalue weighted by Crippen LogP contribution is -2.50. The number of likely N-dealkylation sites (tertiary alicyclic amines) is 2. The molecule has 0 aliphatic carbocycles. The first-order valence-electron chi connectivity index (χ1n) is 37.8. The number of piperidine rings is 2. The number of aryl methyl sites for hydroxylation is 2. The maximum absolute atomic E-state index is 14.7. The van der Waals surface area contributed by atoms with Gasteiger partial charge in [0.2, 0.25) is 23.3 Å². The number of carbonyl (C=O) groups is 6. The van der Waals surface area contributed by atoms with Crippen molar-refractivity contribution in [3.05, 3.63) is 182 Å². The van der Waals surface area contributed by atoms with Gasteiger partial charge >= 0.3 is 23.9 Å². The van der Waals surface area contributed by atoms with Crippen LogP contribution in [0.15, 0.2) is 127 Å². The number of rotatable bonds is 39. The third kappa shape index (κ3) is 21.3. The second-order valence-corrected chi connectivity index (χ2v) is 27.3. The Morgan fingerprint density at radius 3 is 1.19 bits per heavy atom. The zero-order valence-corrected chi connectivity index (χ0v) is 66.7. The van der Waals surface area contributed by atoms with Crippen LogP contribution in [-0.2, 0) is 60.6 Å². The fraction of sp³-hybridized carbons (Fsp3) is 0.442. The molecule has 8 atom stereocenters. The summed E-state index contributed by atoms with van der Waals surface area (Å²) in [6.07, 6.45) is 1.77. The van der Waals surface area contributed by atoms with Crippen LogP contribution in [0.5, 0.6) is 69.0 Å². The monoisotopic (exact) mass is 1560 g/mol. The number of methoxy groups -OCH3 is 10. The van der Waals surface area contributed by atoms with Crippen LogP contribution in [0.1, 0.15) is 173 Å². The van der Waals surface area contributed by atoms with Gasteiger partial charge in [-0.1, -0.05) is 56.3 Å². The van der Waals surface area contributed by atoms with E-state index in [1.165, 1.54) is 74.9 Å². The van der Waals surface area contributed by atoms with Crippen LogP contribution in [0.2, 0.25) is 0 Å². The lowest BCUT2D eigenvalue weighted by Gasteiger charge is -2.37. The summed E-state index contributed by atoms with van der Waals surface area (Å²) in [5.74, 6) is 0.268. The third-order valence-corrected chi connectivity index (χ3v) is 20.5. The lowest BCUT2D eigenvalue weighted by molar-refractivity contribution is -0.386. The topological polar surface area (TPSA) is 300 Å². The molecule has 27 heteroatoms. The van der Waals surface area contributed by atoms with E-state index in [1.54, 1.807) is 123 Å². The molecule has 0 N–H and O–H groups in total. The summed E-state index contributed by atoms with van der Waals surface area (Å²) in [6.45, 7) is 6.29. The van der Waals surface area contributed by atoms with Crippen molar-refractivity contribution in [2.24, 2.45) is 0 Å². The number of nitro groups is 1. The molecule has 606 valence electrons. The van der Waals surface area contributed by atoms with Gasteiger partial charge in [-0.25, -0.2) is 19.2 Å². The van der Waals surface area contributed by atoms with Crippen LogP contribution >= 0.6 is 0 Å². The Hall–Kier alpha value is -11.6. The first-order chi connectivity index (χ1) is 54.6. The number of carbonyl (C=O) groups excluding carboxylic acids is 6. The summed E-state index contributed by atoms with van der Waals surface area (Å²) < 4.78 is 92.2. The fourth-order valence-corrected chi connectivity index (χ4v) is 14.5. The zero-order valence-electron chi connectivity index (χ0n) is 66.7. The van der Waals surface area contributed by atoms with Crippen LogP contribution in [0.3, 0.4) is 0 Å². The highest BCUT2D eigenvalue weighted by Crippen LogP contribution is 2.45. The SMILES string of the molecule is CCC(C(=O)N1CCCCC1C(=O)OC(CCc1ccc(OC)c(OC)c1)c1cccc(OCC(=O)OC(C)c2ccc(C(C)OC(=O)COc3cccc(C(CCc4ccc(OC)c(OC)c4)OC(=O)C4CCCCN4C(=O)C(CC)c4cc(OC)c(OC)c(OC)c4)c3)c([N+](=O)[O-])c2)c1)c1cc(OC)c(OC)c(OC)c1. The molecule has 2 fully saturated rings. The highest BCUT2D eigenvalue weighted by atomic mass is 16.6. The molecule has 8 unspecified atom stereocenters. The van der Waals surface area contributed by atoms with Gasteiger partial charge in [0.05, 0.1) is 93.4 Å². The van der Waals surface area contributed by atoms with E-state index in [-0.39, 0.29) is 47.3 Å². The number of amides is 2. The van der Waals surface area contributed by atoms with Crippen LogP contribution in [-0.4, -0.2) is 160 Å². The Balaban J connectivity index is 0.845. The standard InChI is InChI=1S/C86H103N3O24/c1-15-63(59-46-75(102-9)81(106-13)76(47-59)103-10)83(92)87-39-19-17-27-66(87)85(94)112-69(35-29-54-31-37-71(98-5)73(41-54)100-7)57-23-21-25-61(43-57)108-50-79(90)110-52(3)56-33-34-65(68(45-56)89(96)97)53(4)111-80(91)51-109-62-26-22-24-58(44-62)70(36-30-55-32-38-72(99-6)74(42-55)101-8)113-86(95)67-28-18-20-40-88(67)84(93)64(16-2)60-48-77(104-11)82(107-14)78(49-60)105-12/h21-26,31-34,37-38,41-49,52-53,63-64,66-67,69-70H,15-20,27-30,35-36,39-40,50-51H2,1-14H3. The van der Waals surface area contributed by atoms with E-state index in [1.807, 2.05) is 38.1 Å². The molecule has 27 nitrogen and oxygen atoms in total. The molecule has 7 aromatic rings. The molecule has 2 amide bonds. The van der Waals surface area contributed by atoms with Gasteiger partial charge < -0.3 is 85.6 Å². The third-order valence-electron chi connectivity index (χ3n) is 20.5. The van der Waals surface area contributed by atoms with Crippen molar-refractivity contribution in [3.8, 4) is 69.0 Å². The largest absolute Gasteiger partial charge is 0.493 e. The van der Waals surface area contributed by atoms with Gasteiger partial charge in [0.15, 0.2) is 59.2 Å². The molecular formula is C86H103N3O24. The normalized spacial score (nSPS) is 15.6. The molecule has 2 heterocycles. The number of ether oxygens (including phenoxy) is 16. The van der Waals surface area contributed by atoms with Crippen LogP contribution in [0.4, 0.5) is 5.69 Å². The molecule has 0 radical (unpaired) electrons. The Kier molecular flexibility index (Phi) is 31.0. The van der Waals surface area contributed by atoms with Crippen LogP contribution in [0, 0.1) is 10.1 Å². The van der Waals surface area contributed by atoms with Gasteiger partial charge in [0.1, 0.15) is 48.0 Å². The van der Waals surface area contributed by atoms with Crippen molar-refractivity contribution in [2.75, 3.05) is 97.4 Å². The summed E-state index contributed by atoms with van der Waals surface area (Å²) in [4.78, 5) is 101. The van der Waals surface area contributed by atoms with Crippen LogP contribution in [0.25, 0.3) is 0 Å². The quantitative estimate of drug-likeness (QED) is 0.0150. The molecule has 9 rings (SSSR count). The smallest absolute Gasteiger partial charge is 0.344 e. The lowest BCUT2D eigenvalue weighted by atomic mass is 9.91. The minimum Gasteiger partial charge on any atom is -0.493 e. The summed E-state index contributed by atoms with van der Waals surface area (Å²) >= 11 is 0. The number of benzene rings is 7. The van der Waals surface area contributed by atoms with Gasteiger partial charge in [0, 0.05) is 19.2 Å². The summed E-state index contributed by atoms with van der Waals surface area (Å²) in [6, 6.07) is 33.9. The first kappa shape index (κ1) is 85.4. The van der Waals surface area contributed by atoms with E-state index in [0.717, 1.165) is 11.1 Å². The Labute approximate surface area is 659 Å². The Bertz CT molecular complexity index is 4400. The summed E-state index contributed by atoms with van der Waals surface area (Å²) in [7, 11) is 15.2. The highest BCUT2D eigenvalue weighted by molar-refractivity contribution is 5.90. The van der Waals surface area contributed by atoms with Gasteiger partial charge in [0.25, 0.3) is 5.69 Å².